The van der Waals surface area contributed by atoms with E-state index in [-0.39, 0.29) is 0 Å². The van der Waals surface area contributed by atoms with Gasteiger partial charge in [0.2, 0.25) is 5.89 Å². The third-order valence-corrected chi connectivity index (χ3v) is 3.80. The Balaban J connectivity index is 1.66. The molecule has 0 radical (unpaired) electrons. The van der Waals surface area contributed by atoms with Crippen molar-refractivity contribution in [2.45, 2.75) is 31.8 Å². The van der Waals surface area contributed by atoms with Crippen molar-refractivity contribution in [2.75, 3.05) is 0 Å². The second-order valence-electron chi connectivity index (χ2n) is 5.36. The number of aromatic nitrogens is 3. The van der Waals surface area contributed by atoms with Crippen LogP contribution in [0.5, 0.6) is 0 Å². The lowest BCUT2D eigenvalue weighted by Gasteiger charge is -2.03. The van der Waals surface area contributed by atoms with Crippen molar-refractivity contribution in [3.05, 3.63) is 47.7 Å². The zero-order chi connectivity index (χ0) is 13.5. The number of benzene rings is 1. The van der Waals surface area contributed by atoms with E-state index in [1.54, 1.807) is 0 Å². The molecule has 102 valence electrons. The fourth-order valence-corrected chi connectivity index (χ4v) is 2.47. The fraction of sp³-hybridized carbons (Fsp3) is 0.333. The Morgan fingerprint density at radius 3 is 3.00 bits per heavy atom. The highest BCUT2D eigenvalue weighted by Gasteiger charge is 2.29. The minimum absolute atomic E-state index is 0.501. The Kier molecular flexibility index (Phi) is 2.60. The first-order chi connectivity index (χ1) is 9.83. The van der Waals surface area contributed by atoms with Gasteiger partial charge in [0.25, 0.3) is 0 Å². The summed E-state index contributed by atoms with van der Waals surface area (Å²) in [6.07, 6.45) is 4.40. The van der Waals surface area contributed by atoms with E-state index in [2.05, 4.69) is 45.2 Å². The van der Waals surface area contributed by atoms with Crippen LogP contribution < -0.4 is 5.73 Å². The molecule has 4 rings (SSSR count). The fourth-order valence-electron chi connectivity index (χ4n) is 2.47. The monoisotopic (exact) mass is 268 g/mol. The summed E-state index contributed by atoms with van der Waals surface area (Å²) in [6.45, 7) is 1.18. The Bertz CT molecular complexity index is 754. The predicted molar refractivity (Wildman–Crippen MR) is 75.2 cm³/mol. The Morgan fingerprint density at radius 1 is 1.30 bits per heavy atom. The first-order valence-corrected chi connectivity index (χ1v) is 6.94. The molecule has 3 aromatic rings. The van der Waals surface area contributed by atoms with Crippen molar-refractivity contribution >= 4 is 10.9 Å². The smallest absolute Gasteiger partial charge is 0.229 e. The van der Waals surface area contributed by atoms with E-state index >= 15 is 0 Å². The number of hydrogen-bond donors (Lipinski definition) is 1. The highest BCUT2D eigenvalue weighted by atomic mass is 16.5. The number of fused-ring (bicyclic) bond motifs is 1. The largest absolute Gasteiger partial charge is 0.340 e. The average Bonchev–Trinajstić information content (AvgIpc) is 3.11. The van der Waals surface area contributed by atoms with E-state index in [0.717, 1.165) is 22.8 Å². The predicted octanol–water partition coefficient (Wildman–Crippen LogP) is 2.41. The highest BCUT2D eigenvalue weighted by Crippen LogP contribution is 2.38. The van der Waals surface area contributed by atoms with Crippen LogP contribution in [0.2, 0.25) is 0 Å². The first kappa shape index (κ1) is 11.7. The molecule has 1 aliphatic rings. The molecule has 20 heavy (non-hydrogen) atoms. The van der Waals surface area contributed by atoms with Crippen LogP contribution in [0.1, 0.15) is 36.0 Å². The van der Waals surface area contributed by atoms with Crippen LogP contribution >= 0.6 is 0 Å². The number of rotatable bonds is 4. The van der Waals surface area contributed by atoms with E-state index in [4.69, 9.17) is 10.3 Å². The third-order valence-electron chi connectivity index (χ3n) is 3.80. The van der Waals surface area contributed by atoms with Crippen LogP contribution in [0.4, 0.5) is 0 Å². The summed E-state index contributed by atoms with van der Waals surface area (Å²) in [6, 6.07) is 8.38. The second-order valence-corrected chi connectivity index (χ2v) is 5.36. The van der Waals surface area contributed by atoms with Crippen LogP contribution in [0.25, 0.3) is 10.9 Å². The van der Waals surface area contributed by atoms with Crippen LogP contribution in [-0.4, -0.2) is 14.7 Å². The summed E-state index contributed by atoms with van der Waals surface area (Å²) in [5.41, 5.74) is 7.99. The molecule has 2 aromatic heterocycles. The van der Waals surface area contributed by atoms with Crippen molar-refractivity contribution in [2.24, 2.45) is 5.73 Å². The zero-order valence-corrected chi connectivity index (χ0v) is 11.1. The molecule has 0 unspecified atom stereocenters. The summed E-state index contributed by atoms with van der Waals surface area (Å²) >= 11 is 0. The lowest BCUT2D eigenvalue weighted by Crippen LogP contribution is -2.01. The molecule has 2 heterocycles. The SMILES string of the molecule is NCc1ccc2ccn(Cc3noc(C4CC4)n3)c2c1. The summed E-state index contributed by atoms with van der Waals surface area (Å²) in [5, 5.41) is 5.27. The summed E-state index contributed by atoms with van der Waals surface area (Å²) < 4.78 is 7.43. The van der Waals surface area contributed by atoms with Gasteiger partial charge in [0.15, 0.2) is 5.82 Å². The molecule has 0 atom stereocenters. The van der Waals surface area contributed by atoms with Crippen molar-refractivity contribution < 1.29 is 4.52 Å². The minimum Gasteiger partial charge on any atom is -0.340 e. The minimum atomic E-state index is 0.501. The quantitative estimate of drug-likeness (QED) is 0.788. The van der Waals surface area contributed by atoms with Crippen molar-refractivity contribution in [3.8, 4) is 0 Å². The maximum atomic E-state index is 5.71. The third kappa shape index (κ3) is 2.00. The summed E-state index contributed by atoms with van der Waals surface area (Å²) in [7, 11) is 0. The van der Waals surface area contributed by atoms with Gasteiger partial charge in [0.05, 0.1) is 6.54 Å². The van der Waals surface area contributed by atoms with Gasteiger partial charge in [-0.05, 0) is 35.9 Å². The lowest BCUT2D eigenvalue weighted by molar-refractivity contribution is 0.373. The maximum Gasteiger partial charge on any atom is 0.229 e. The van der Waals surface area contributed by atoms with Gasteiger partial charge in [-0.15, -0.1) is 0 Å². The van der Waals surface area contributed by atoms with E-state index in [9.17, 15) is 0 Å². The van der Waals surface area contributed by atoms with Crippen molar-refractivity contribution in [1.82, 2.24) is 14.7 Å². The molecule has 0 aliphatic heterocycles. The van der Waals surface area contributed by atoms with Gasteiger partial charge >= 0.3 is 0 Å². The van der Waals surface area contributed by atoms with Crippen LogP contribution in [0.15, 0.2) is 35.0 Å². The van der Waals surface area contributed by atoms with Crippen molar-refractivity contribution in [3.63, 3.8) is 0 Å². The highest BCUT2D eigenvalue weighted by molar-refractivity contribution is 5.80. The first-order valence-electron chi connectivity index (χ1n) is 6.94. The van der Waals surface area contributed by atoms with Gasteiger partial charge in [-0.2, -0.15) is 4.98 Å². The second kappa shape index (κ2) is 4.45. The lowest BCUT2D eigenvalue weighted by atomic mass is 10.1. The number of hydrogen-bond acceptors (Lipinski definition) is 4. The topological polar surface area (TPSA) is 69.9 Å². The molecular formula is C15H16N4O. The molecule has 2 N–H and O–H groups in total. The molecular weight excluding hydrogens is 252 g/mol. The van der Waals surface area contributed by atoms with Gasteiger partial charge in [0, 0.05) is 24.2 Å². The van der Waals surface area contributed by atoms with Gasteiger partial charge in [-0.3, -0.25) is 0 Å². The van der Waals surface area contributed by atoms with Crippen molar-refractivity contribution in [1.29, 1.82) is 0 Å². The molecule has 1 fully saturated rings. The molecule has 0 bridgehead atoms. The van der Waals surface area contributed by atoms with E-state index in [1.165, 1.54) is 18.2 Å². The van der Waals surface area contributed by atoms with Gasteiger partial charge in [0.1, 0.15) is 0 Å². The molecule has 1 aliphatic carbocycles. The van der Waals surface area contributed by atoms with Crippen LogP contribution in [-0.2, 0) is 13.1 Å². The maximum absolute atomic E-state index is 5.71. The summed E-state index contributed by atoms with van der Waals surface area (Å²) in [5.74, 6) is 2.03. The van der Waals surface area contributed by atoms with Gasteiger partial charge in [-0.25, -0.2) is 0 Å². The van der Waals surface area contributed by atoms with Crippen LogP contribution in [0.3, 0.4) is 0 Å². The molecule has 1 aromatic carbocycles. The van der Waals surface area contributed by atoms with Gasteiger partial charge < -0.3 is 14.8 Å². The molecule has 5 nitrogen and oxygen atoms in total. The van der Waals surface area contributed by atoms with E-state index in [1.807, 2.05) is 0 Å². The number of nitrogens with zero attached hydrogens (tertiary/aromatic N) is 3. The Hall–Kier alpha value is -2.14. The van der Waals surface area contributed by atoms with Crippen LogP contribution in [0, 0.1) is 0 Å². The van der Waals surface area contributed by atoms with E-state index in [0.29, 0.717) is 19.0 Å². The molecule has 0 spiro atoms. The summed E-state index contributed by atoms with van der Waals surface area (Å²) in [4.78, 5) is 4.47. The standard InChI is InChI=1S/C15H16N4O/c16-8-10-1-2-11-5-6-19(13(11)7-10)9-14-17-15(20-18-14)12-3-4-12/h1-2,5-7,12H,3-4,8-9,16H2. The Morgan fingerprint density at radius 2 is 2.20 bits per heavy atom. The molecule has 1 saturated carbocycles. The Labute approximate surface area is 116 Å². The molecule has 5 heteroatoms. The zero-order valence-electron chi connectivity index (χ0n) is 11.1. The van der Waals surface area contributed by atoms with Gasteiger partial charge in [-0.1, -0.05) is 17.3 Å². The molecule has 0 saturated heterocycles. The normalized spacial score (nSPS) is 15.1. The average molecular weight is 268 g/mol. The van der Waals surface area contributed by atoms with E-state index < -0.39 is 0 Å². The number of nitrogens with two attached hydrogens (primary N) is 1. The molecule has 0 amide bonds.